The fourth-order valence-corrected chi connectivity index (χ4v) is 7.98. The number of cyclic esters (lactones) is 1. The predicted octanol–water partition coefficient (Wildman–Crippen LogP) is 1.18. The minimum absolute atomic E-state index is 0.0495. The maximum Gasteiger partial charge on any atom is 0.328 e. The smallest absolute Gasteiger partial charge is 0.328 e. The van der Waals surface area contributed by atoms with Crippen molar-refractivity contribution in [3.05, 3.63) is 47.7 Å². The average molecular weight is 461 g/mol. The Hall–Kier alpha value is -1.68. The molecule has 0 aliphatic carbocycles. The molecule has 4 aliphatic rings. The Labute approximate surface area is 190 Å². The first-order valence-electron chi connectivity index (χ1n) is 10.7. The van der Waals surface area contributed by atoms with Gasteiger partial charge in [0.25, 0.3) is 0 Å². The number of nitrogens with zero attached hydrogens (tertiary/aromatic N) is 1. The van der Waals surface area contributed by atoms with E-state index in [4.69, 9.17) is 10.5 Å². The summed E-state index contributed by atoms with van der Waals surface area (Å²) >= 11 is 3.78. The molecule has 7 nitrogen and oxygen atoms in total. The van der Waals surface area contributed by atoms with Crippen LogP contribution in [-0.2, 0) is 27.3 Å². The van der Waals surface area contributed by atoms with Gasteiger partial charge in [0.2, 0.25) is 5.91 Å². The van der Waals surface area contributed by atoms with Crippen LogP contribution in [0.2, 0.25) is 0 Å². The number of esters is 1. The third kappa shape index (κ3) is 4.08. The first kappa shape index (κ1) is 21.2. The Kier molecular flexibility index (Phi) is 5.70. The monoisotopic (exact) mass is 460 g/mol. The second-order valence-corrected chi connectivity index (χ2v) is 11.6. The molecule has 0 saturated carbocycles. The van der Waals surface area contributed by atoms with Gasteiger partial charge in [-0.05, 0) is 11.1 Å². The standard InChI is InChI=1S/C22H28N4O3S2/c1-13(18-12-31-22(25-18)9-16(23)11-30-22)26-10-15-5-3-2-4-14(15)8-19(26)20(27)24-17-6-7-29-21(17)28/h2-5,16-19,25H,1,6-12,23H2,(H,24,27)/t16-,17+,18+,19+,22?/m1/s1. The summed E-state index contributed by atoms with van der Waals surface area (Å²) < 4.78 is 4.97. The molecular weight excluding hydrogens is 432 g/mol. The quantitative estimate of drug-likeness (QED) is 0.577. The van der Waals surface area contributed by atoms with Crippen LogP contribution in [-0.4, -0.2) is 63.3 Å². The first-order chi connectivity index (χ1) is 14.9. The van der Waals surface area contributed by atoms with E-state index in [-0.39, 0.29) is 28.2 Å². The van der Waals surface area contributed by atoms with Gasteiger partial charge in [0, 0.05) is 49.1 Å². The average Bonchev–Trinajstić information content (AvgIpc) is 3.47. The molecule has 1 aromatic carbocycles. The van der Waals surface area contributed by atoms with Gasteiger partial charge < -0.3 is 20.7 Å². The molecule has 1 spiro atoms. The number of ether oxygens (including phenoxy) is 1. The van der Waals surface area contributed by atoms with Crippen LogP contribution in [0.1, 0.15) is 24.0 Å². The lowest BCUT2D eigenvalue weighted by Crippen LogP contribution is -2.55. The minimum atomic E-state index is -0.556. The number of carbonyl (C=O) groups excluding carboxylic acids is 2. The lowest BCUT2D eigenvalue weighted by Gasteiger charge is -2.41. The Morgan fingerprint density at radius 2 is 2.06 bits per heavy atom. The summed E-state index contributed by atoms with van der Waals surface area (Å²) in [6.07, 6.45) is 2.05. The van der Waals surface area contributed by atoms with Crippen molar-refractivity contribution < 1.29 is 14.3 Å². The highest BCUT2D eigenvalue weighted by atomic mass is 32.2. The van der Waals surface area contributed by atoms with Crippen LogP contribution < -0.4 is 16.4 Å². The number of rotatable bonds is 4. The number of benzene rings is 1. The molecule has 1 unspecified atom stereocenters. The first-order valence-corrected chi connectivity index (χ1v) is 12.7. The number of hydrogen-bond donors (Lipinski definition) is 3. The SMILES string of the molecule is C=C([C@@H]1CSC2(C[C@@H](N)CS2)N1)N1Cc2ccccc2C[C@H]1C(=O)N[C@H]1CCOC1=O. The van der Waals surface area contributed by atoms with Crippen molar-refractivity contribution in [1.29, 1.82) is 0 Å². The molecule has 1 amide bonds. The zero-order valence-electron chi connectivity index (χ0n) is 17.3. The number of amides is 1. The van der Waals surface area contributed by atoms with Crippen molar-refractivity contribution in [3.63, 3.8) is 0 Å². The van der Waals surface area contributed by atoms with E-state index < -0.39 is 12.1 Å². The molecule has 5 rings (SSSR count). The van der Waals surface area contributed by atoms with E-state index >= 15 is 0 Å². The van der Waals surface area contributed by atoms with Crippen LogP contribution in [0, 0.1) is 0 Å². The summed E-state index contributed by atoms with van der Waals surface area (Å²) in [4.78, 5) is 27.3. The van der Waals surface area contributed by atoms with Crippen LogP contribution in [0.15, 0.2) is 36.5 Å². The van der Waals surface area contributed by atoms with E-state index in [1.54, 1.807) is 0 Å². The van der Waals surface area contributed by atoms with Crippen LogP contribution in [0.3, 0.4) is 0 Å². The van der Waals surface area contributed by atoms with Crippen LogP contribution >= 0.6 is 23.5 Å². The van der Waals surface area contributed by atoms with Gasteiger partial charge in [0.15, 0.2) is 0 Å². The summed E-state index contributed by atoms with van der Waals surface area (Å²) in [5, 5.41) is 6.67. The number of carbonyl (C=O) groups is 2. The molecule has 166 valence electrons. The van der Waals surface area contributed by atoms with Gasteiger partial charge >= 0.3 is 5.97 Å². The van der Waals surface area contributed by atoms with Crippen molar-refractivity contribution in [2.24, 2.45) is 5.73 Å². The van der Waals surface area contributed by atoms with E-state index in [0.29, 0.717) is 26.0 Å². The normalized spacial score (nSPS) is 34.6. The lowest BCUT2D eigenvalue weighted by atomic mass is 9.92. The largest absolute Gasteiger partial charge is 0.464 e. The van der Waals surface area contributed by atoms with Crippen LogP contribution in [0.25, 0.3) is 0 Å². The zero-order chi connectivity index (χ0) is 21.6. The summed E-state index contributed by atoms with van der Waals surface area (Å²) in [5.74, 6) is 1.37. The van der Waals surface area contributed by atoms with E-state index in [1.165, 1.54) is 11.1 Å². The van der Waals surface area contributed by atoms with Gasteiger partial charge in [-0.15, -0.1) is 23.5 Å². The van der Waals surface area contributed by atoms with E-state index in [1.807, 2.05) is 35.7 Å². The number of nitrogens with two attached hydrogens (primary N) is 1. The van der Waals surface area contributed by atoms with Crippen LogP contribution in [0.5, 0.6) is 0 Å². The summed E-state index contributed by atoms with van der Waals surface area (Å²) in [7, 11) is 0. The van der Waals surface area contributed by atoms with Gasteiger partial charge in [-0.1, -0.05) is 30.8 Å². The Bertz CT molecular complexity index is 912. The maximum absolute atomic E-state index is 13.3. The Balaban J connectivity index is 1.36. The third-order valence-electron chi connectivity index (χ3n) is 6.51. The minimum Gasteiger partial charge on any atom is -0.464 e. The lowest BCUT2D eigenvalue weighted by molar-refractivity contribution is -0.142. The van der Waals surface area contributed by atoms with E-state index in [0.717, 1.165) is 23.6 Å². The molecule has 5 atom stereocenters. The molecule has 4 N–H and O–H groups in total. The van der Waals surface area contributed by atoms with Crippen molar-refractivity contribution in [1.82, 2.24) is 15.5 Å². The van der Waals surface area contributed by atoms with E-state index in [9.17, 15) is 9.59 Å². The molecule has 3 saturated heterocycles. The summed E-state index contributed by atoms with van der Waals surface area (Å²) in [5.41, 5.74) is 9.47. The molecule has 0 bridgehead atoms. The second-order valence-electron chi connectivity index (χ2n) is 8.66. The number of hydrogen-bond acceptors (Lipinski definition) is 8. The van der Waals surface area contributed by atoms with Crippen LogP contribution in [0.4, 0.5) is 0 Å². The number of thioether (sulfide) groups is 2. The van der Waals surface area contributed by atoms with Crippen molar-refractivity contribution in [3.8, 4) is 0 Å². The topological polar surface area (TPSA) is 96.7 Å². The zero-order valence-corrected chi connectivity index (χ0v) is 19.0. The highest BCUT2D eigenvalue weighted by Crippen LogP contribution is 2.49. The molecule has 0 radical (unpaired) electrons. The molecule has 0 aromatic heterocycles. The second kappa shape index (κ2) is 8.35. The van der Waals surface area contributed by atoms with Crippen molar-refractivity contribution in [2.45, 2.75) is 54.2 Å². The highest BCUT2D eigenvalue weighted by molar-refractivity contribution is 8.18. The van der Waals surface area contributed by atoms with Gasteiger partial charge in [-0.25, -0.2) is 4.79 Å². The molecule has 31 heavy (non-hydrogen) atoms. The molecule has 9 heteroatoms. The molecule has 4 heterocycles. The number of fused-ring (bicyclic) bond motifs is 1. The van der Waals surface area contributed by atoms with Gasteiger partial charge in [0.05, 0.1) is 12.6 Å². The molecule has 3 fully saturated rings. The highest BCUT2D eigenvalue weighted by Gasteiger charge is 2.47. The molecule has 1 aromatic rings. The van der Waals surface area contributed by atoms with Gasteiger partial charge in [-0.2, -0.15) is 0 Å². The molecular formula is C22H28N4O3S2. The maximum atomic E-state index is 13.3. The predicted molar refractivity (Wildman–Crippen MR) is 123 cm³/mol. The fourth-order valence-electron chi connectivity index (χ4n) is 4.81. The van der Waals surface area contributed by atoms with E-state index in [2.05, 4.69) is 34.2 Å². The molecule has 4 aliphatic heterocycles. The van der Waals surface area contributed by atoms with Gasteiger partial charge in [0.1, 0.15) is 16.3 Å². The number of nitrogens with one attached hydrogen (secondary N) is 2. The Morgan fingerprint density at radius 3 is 2.77 bits per heavy atom. The van der Waals surface area contributed by atoms with Crippen molar-refractivity contribution in [2.75, 3.05) is 18.1 Å². The van der Waals surface area contributed by atoms with Gasteiger partial charge in [-0.3, -0.25) is 10.1 Å². The van der Waals surface area contributed by atoms with Crippen molar-refractivity contribution >= 4 is 35.4 Å². The summed E-state index contributed by atoms with van der Waals surface area (Å²) in [6.45, 7) is 5.41. The fraction of sp³-hybridized carbons (Fsp3) is 0.545. The summed E-state index contributed by atoms with van der Waals surface area (Å²) in [6, 6.07) is 7.56. The third-order valence-corrected chi connectivity index (χ3v) is 9.82. The Morgan fingerprint density at radius 1 is 1.29 bits per heavy atom.